The minimum atomic E-state index is -0.123. The lowest BCUT2D eigenvalue weighted by Gasteiger charge is -2.16. The van der Waals surface area contributed by atoms with Crippen LogP contribution >= 0.6 is 11.3 Å². The Hall–Kier alpha value is -1.19. The lowest BCUT2D eigenvalue weighted by atomic mass is 10.0. The molecule has 0 fully saturated rings. The molecule has 0 aliphatic heterocycles. The molecule has 0 saturated carbocycles. The van der Waals surface area contributed by atoms with Crippen molar-refractivity contribution in [2.45, 2.75) is 32.2 Å². The van der Waals surface area contributed by atoms with Crippen LogP contribution < -0.4 is 5.32 Å². The van der Waals surface area contributed by atoms with Crippen LogP contribution in [0.3, 0.4) is 0 Å². The van der Waals surface area contributed by atoms with Gasteiger partial charge in [0.15, 0.2) is 0 Å². The number of hydrogen-bond acceptors (Lipinski definition) is 2. The first kappa shape index (κ1) is 12.8. The zero-order chi connectivity index (χ0) is 13.4. The number of halogens is 1. The minimum Gasteiger partial charge on any atom is -0.309 e. The summed E-state index contributed by atoms with van der Waals surface area (Å²) >= 11 is 1.87. The molecule has 0 spiro atoms. The molecule has 0 bridgehead atoms. The van der Waals surface area contributed by atoms with E-state index >= 15 is 0 Å². The predicted molar refractivity (Wildman–Crippen MR) is 78.4 cm³/mol. The topological polar surface area (TPSA) is 12.0 Å². The van der Waals surface area contributed by atoms with Crippen molar-refractivity contribution in [3.05, 3.63) is 56.5 Å². The van der Waals surface area contributed by atoms with Gasteiger partial charge in [-0.2, -0.15) is 0 Å². The van der Waals surface area contributed by atoms with E-state index in [4.69, 9.17) is 0 Å². The third-order valence-electron chi connectivity index (χ3n) is 3.87. The van der Waals surface area contributed by atoms with Gasteiger partial charge in [-0.15, -0.1) is 11.3 Å². The van der Waals surface area contributed by atoms with Gasteiger partial charge in [-0.1, -0.05) is 12.1 Å². The maximum Gasteiger partial charge on any atom is 0.126 e. The first-order valence-electron chi connectivity index (χ1n) is 6.74. The molecule has 100 valence electrons. The largest absolute Gasteiger partial charge is 0.309 e. The molecule has 2 aromatic rings. The zero-order valence-corrected chi connectivity index (χ0v) is 12.1. The fourth-order valence-corrected chi connectivity index (χ4v) is 4.15. The first-order chi connectivity index (χ1) is 9.19. The van der Waals surface area contributed by atoms with Crippen molar-refractivity contribution in [3.63, 3.8) is 0 Å². The number of rotatable bonds is 3. The molecule has 1 aliphatic rings. The van der Waals surface area contributed by atoms with Crippen LogP contribution in [0.2, 0.25) is 0 Å². The summed E-state index contributed by atoms with van der Waals surface area (Å²) in [5, 5.41) is 3.31. The van der Waals surface area contributed by atoms with Gasteiger partial charge in [0.25, 0.3) is 0 Å². The van der Waals surface area contributed by atoms with Gasteiger partial charge >= 0.3 is 0 Å². The van der Waals surface area contributed by atoms with Gasteiger partial charge in [0.1, 0.15) is 5.82 Å². The zero-order valence-electron chi connectivity index (χ0n) is 11.3. The SMILES string of the molecule is CNC(c1ccc(C)c(F)c1)c1cc2c(s1)CCC2. The van der Waals surface area contributed by atoms with Crippen molar-refractivity contribution in [1.29, 1.82) is 0 Å². The summed E-state index contributed by atoms with van der Waals surface area (Å²) in [6.45, 7) is 1.80. The highest BCUT2D eigenvalue weighted by atomic mass is 32.1. The molecule has 1 aliphatic carbocycles. The van der Waals surface area contributed by atoms with E-state index in [1.54, 1.807) is 13.0 Å². The average molecular weight is 275 g/mol. The van der Waals surface area contributed by atoms with Gasteiger partial charge in [-0.25, -0.2) is 4.39 Å². The summed E-state index contributed by atoms with van der Waals surface area (Å²) in [5.74, 6) is -0.123. The standard InChI is InChI=1S/C16H18FNS/c1-10-6-7-12(8-13(10)17)16(18-2)15-9-11-4-3-5-14(11)19-15/h6-9,16,18H,3-5H2,1-2H3. The van der Waals surface area contributed by atoms with Crippen molar-refractivity contribution in [2.75, 3.05) is 7.05 Å². The molecule has 3 heteroatoms. The van der Waals surface area contributed by atoms with Crippen molar-refractivity contribution in [1.82, 2.24) is 5.32 Å². The molecule has 3 rings (SSSR count). The molecule has 0 amide bonds. The van der Waals surface area contributed by atoms with E-state index in [9.17, 15) is 4.39 Å². The lowest BCUT2D eigenvalue weighted by molar-refractivity contribution is 0.609. The summed E-state index contributed by atoms with van der Waals surface area (Å²) in [4.78, 5) is 2.82. The molecule has 0 radical (unpaired) electrons. The minimum absolute atomic E-state index is 0.103. The van der Waals surface area contributed by atoms with Crippen molar-refractivity contribution < 1.29 is 4.39 Å². The average Bonchev–Trinajstić information content (AvgIpc) is 2.95. The van der Waals surface area contributed by atoms with E-state index < -0.39 is 0 Å². The van der Waals surface area contributed by atoms with Gasteiger partial charge in [-0.3, -0.25) is 0 Å². The monoisotopic (exact) mass is 275 g/mol. The highest BCUT2D eigenvalue weighted by Gasteiger charge is 2.20. The van der Waals surface area contributed by atoms with E-state index in [0.29, 0.717) is 5.56 Å². The maximum atomic E-state index is 13.7. The Morgan fingerprint density at radius 3 is 2.79 bits per heavy atom. The van der Waals surface area contributed by atoms with Gasteiger partial charge < -0.3 is 5.32 Å². The smallest absolute Gasteiger partial charge is 0.126 e. The third-order valence-corrected chi connectivity index (χ3v) is 5.17. The molecule has 1 aromatic carbocycles. The first-order valence-corrected chi connectivity index (χ1v) is 7.55. The molecule has 19 heavy (non-hydrogen) atoms. The van der Waals surface area contributed by atoms with Crippen molar-refractivity contribution in [2.24, 2.45) is 0 Å². The highest BCUT2D eigenvalue weighted by molar-refractivity contribution is 7.12. The van der Waals surface area contributed by atoms with Gasteiger partial charge in [0, 0.05) is 9.75 Å². The van der Waals surface area contributed by atoms with Crippen LogP contribution in [0.15, 0.2) is 24.3 Å². The number of benzene rings is 1. The van der Waals surface area contributed by atoms with Crippen LogP contribution in [-0.4, -0.2) is 7.05 Å². The summed E-state index contributed by atoms with van der Waals surface area (Å²) in [5.41, 5.74) is 3.20. The number of fused-ring (bicyclic) bond motifs is 1. The number of thiophene rings is 1. The number of nitrogens with one attached hydrogen (secondary N) is 1. The van der Waals surface area contributed by atoms with E-state index in [-0.39, 0.29) is 11.9 Å². The Morgan fingerprint density at radius 1 is 1.26 bits per heavy atom. The Morgan fingerprint density at radius 2 is 2.11 bits per heavy atom. The van der Waals surface area contributed by atoms with Crippen LogP contribution in [0.4, 0.5) is 4.39 Å². The molecular formula is C16H18FNS. The molecule has 1 heterocycles. The number of hydrogen-bond donors (Lipinski definition) is 1. The lowest BCUT2D eigenvalue weighted by Crippen LogP contribution is -2.16. The Bertz CT molecular complexity index is 581. The quantitative estimate of drug-likeness (QED) is 0.893. The van der Waals surface area contributed by atoms with E-state index in [2.05, 4.69) is 11.4 Å². The fraction of sp³-hybridized carbons (Fsp3) is 0.375. The number of aryl methyl sites for hydroxylation is 3. The Kier molecular flexibility index (Phi) is 3.42. The van der Waals surface area contributed by atoms with Crippen LogP contribution in [0.25, 0.3) is 0 Å². The Labute approximate surface area is 117 Å². The summed E-state index contributed by atoms with van der Waals surface area (Å²) < 4.78 is 13.7. The van der Waals surface area contributed by atoms with E-state index in [1.807, 2.05) is 30.5 Å². The highest BCUT2D eigenvalue weighted by Crippen LogP contribution is 2.36. The second-order valence-corrected chi connectivity index (χ2v) is 6.35. The van der Waals surface area contributed by atoms with Crippen molar-refractivity contribution >= 4 is 11.3 Å². The van der Waals surface area contributed by atoms with Gasteiger partial charge in [0.05, 0.1) is 6.04 Å². The molecule has 1 unspecified atom stereocenters. The summed E-state index contributed by atoms with van der Waals surface area (Å²) in [7, 11) is 1.94. The molecule has 0 saturated heterocycles. The summed E-state index contributed by atoms with van der Waals surface area (Å²) in [6.07, 6.45) is 3.69. The van der Waals surface area contributed by atoms with E-state index in [1.165, 1.54) is 34.6 Å². The second-order valence-electron chi connectivity index (χ2n) is 5.18. The molecule has 1 N–H and O–H groups in total. The Balaban J connectivity index is 1.96. The maximum absolute atomic E-state index is 13.7. The van der Waals surface area contributed by atoms with E-state index in [0.717, 1.165) is 5.56 Å². The summed E-state index contributed by atoms with van der Waals surface area (Å²) in [6, 6.07) is 7.93. The van der Waals surface area contributed by atoms with Crippen LogP contribution in [0.1, 0.15) is 38.9 Å². The van der Waals surface area contributed by atoms with Gasteiger partial charge in [0.2, 0.25) is 0 Å². The molecular weight excluding hydrogens is 257 g/mol. The second kappa shape index (κ2) is 5.06. The molecule has 1 nitrogen and oxygen atoms in total. The van der Waals surface area contributed by atoms with Crippen LogP contribution in [-0.2, 0) is 12.8 Å². The third kappa shape index (κ3) is 2.33. The molecule has 1 atom stereocenters. The molecule has 1 aromatic heterocycles. The predicted octanol–water partition coefficient (Wildman–Crippen LogP) is 3.99. The van der Waals surface area contributed by atoms with Crippen LogP contribution in [0, 0.1) is 12.7 Å². The van der Waals surface area contributed by atoms with Crippen LogP contribution in [0.5, 0.6) is 0 Å². The fourth-order valence-electron chi connectivity index (χ4n) is 2.76. The van der Waals surface area contributed by atoms with Gasteiger partial charge in [-0.05, 0) is 62.1 Å². The van der Waals surface area contributed by atoms with Crippen molar-refractivity contribution in [3.8, 4) is 0 Å². The normalized spacial score (nSPS) is 15.5.